The van der Waals surface area contributed by atoms with E-state index in [0.717, 1.165) is 24.0 Å². The molecule has 2 rings (SSSR count). The molecule has 0 saturated heterocycles. The lowest BCUT2D eigenvalue weighted by Gasteiger charge is -2.31. The third-order valence-electron chi connectivity index (χ3n) is 5.06. The number of carbonyl (C=O) groups excluding carboxylic acids is 1. The van der Waals surface area contributed by atoms with Gasteiger partial charge in [0, 0.05) is 12.3 Å². The van der Waals surface area contributed by atoms with Crippen molar-refractivity contribution >= 4 is 5.78 Å². The van der Waals surface area contributed by atoms with Gasteiger partial charge in [-0.3, -0.25) is 4.79 Å². The molecule has 1 aromatic carbocycles. The van der Waals surface area contributed by atoms with E-state index < -0.39 is 0 Å². The van der Waals surface area contributed by atoms with Crippen molar-refractivity contribution in [1.29, 1.82) is 0 Å². The molecule has 130 valence electrons. The molecule has 2 atom stereocenters. The van der Waals surface area contributed by atoms with Crippen molar-refractivity contribution in [2.75, 3.05) is 0 Å². The number of hydrogen-bond acceptors (Lipinski definition) is 3. The first-order valence-corrected chi connectivity index (χ1v) is 8.65. The van der Waals surface area contributed by atoms with Crippen molar-refractivity contribution in [2.45, 2.75) is 60.8 Å². The number of phenols is 2. The van der Waals surface area contributed by atoms with E-state index in [1.54, 1.807) is 12.1 Å². The van der Waals surface area contributed by atoms with Gasteiger partial charge in [-0.2, -0.15) is 0 Å². The van der Waals surface area contributed by atoms with E-state index >= 15 is 0 Å². The first kappa shape index (κ1) is 19.5. The number of carbonyl (C=O) groups is 1. The van der Waals surface area contributed by atoms with Crippen LogP contribution >= 0.6 is 0 Å². The molecule has 0 aliphatic heterocycles. The number of aryl methyl sites for hydroxylation is 2. The Morgan fingerprint density at radius 2 is 1.39 bits per heavy atom. The molecule has 0 amide bonds. The van der Waals surface area contributed by atoms with Crippen LogP contribution < -0.4 is 0 Å². The van der Waals surface area contributed by atoms with Gasteiger partial charge in [-0.05, 0) is 67.7 Å². The molecule has 1 aliphatic rings. The molecule has 1 saturated carbocycles. The molecule has 2 unspecified atom stereocenters. The Morgan fingerprint density at radius 3 is 1.74 bits per heavy atom. The van der Waals surface area contributed by atoms with Gasteiger partial charge >= 0.3 is 0 Å². The predicted octanol–water partition coefficient (Wildman–Crippen LogP) is 5.00. The number of hydrogen-bond donors (Lipinski definition) is 2. The lowest BCUT2D eigenvalue weighted by Crippen LogP contribution is -2.30. The zero-order valence-electron chi connectivity index (χ0n) is 15.4. The molecule has 3 nitrogen and oxygen atoms in total. The van der Waals surface area contributed by atoms with E-state index in [-0.39, 0.29) is 11.5 Å². The van der Waals surface area contributed by atoms with Gasteiger partial charge in [0.25, 0.3) is 0 Å². The highest BCUT2D eigenvalue weighted by Gasteiger charge is 2.31. The lowest BCUT2D eigenvalue weighted by molar-refractivity contribution is -0.128. The van der Waals surface area contributed by atoms with Crippen LogP contribution in [0.15, 0.2) is 12.1 Å². The van der Waals surface area contributed by atoms with Gasteiger partial charge in [0.2, 0.25) is 0 Å². The van der Waals surface area contributed by atoms with Crippen LogP contribution in [0.3, 0.4) is 0 Å². The first-order chi connectivity index (χ1) is 10.6. The minimum Gasteiger partial charge on any atom is -0.504 e. The minimum absolute atomic E-state index is 0.0527. The van der Waals surface area contributed by atoms with Gasteiger partial charge in [-0.25, -0.2) is 0 Å². The summed E-state index contributed by atoms with van der Waals surface area (Å²) >= 11 is 0. The van der Waals surface area contributed by atoms with Gasteiger partial charge in [0.05, 0.1) is 0 Å². The fourth-order valence-electron chi connectivity index (χ4n) is 3.13. The average molecular weight is 320 g/mol. The monoisotopic (exact) mass is 320 g/mol. The van der Waals surface area contributed by atoms with Gasteiger partial charge in [-0.1, -0.05) is 27.7 Å². The Morgan fingerprint density at radius 1 is 0.913 bits per heavy atom. The van der Waals surface area contributed by atoms with E-state index in [1.165, 1.54) is 6.42 Å². The number of aromatic hydroxyl groups is 2. The Labute approximate surface area is 140 Å². The van der Waals surface area contributed by atoms with Gasteiger partial charge in [0.1, 0.15) is 5.78 Å². The molecule has 0 heterocycles. The summed E-state index contributed by atoms with van der Waals surface area (Å²) < 4.78 is 0. The van der Waals surface area contributed by atoms with Crippen LogP contribution in [0, 0.1) is 37.5 Å². The maximum atomic E-state index is 11.8. The molecular formula is C20H32O3. The van der Waals surface area contributed by atoms with E-state index in [2.05, 4.69) is 27.7 Å². The standard InChI is InChI=1S/C12H22O.C8H10O2/c1-8(2)10-5-6-11(9(3)4)12(13)7-10;1-5-3-7(9)8(10)4-6(5)2/h8-11H,5-7H2,1-4H3;3-4,9-10H,1-2H3. The molecule has 0 bridgehead atoms. The summed E-state index contributed by atoms with van der Waals surface area (Å²) in [5, 5.41) is 17.9. The van der Waals surface area contributed by atoms with Crippen LogP contribution in [0.1, 0.15) is 58.1 Å². The minimum atomic E-state index is -0.0527. The Kier molecular flexibility index (Phi) is 7.11. The van der Waals surface area contributed by atoms with E-state index in [0.29, 0.717) is 29.5 Å². The zero-order chi connectivity index (χ0) is 17.7. The molecule has 1 aliphatic carbocycles. The van der Waals surface area contributed by atoms with Crippen LogP contribution in [0.5, 0.6) is 11.5 Å². The van der Waals surface area contributed by atoms with E-state index in [1.807, 2.05) is 13.8 Å². The third kappa shape index (κ3) is 5.56. The number of phenolic OH excluding ortho intramolecular Hbond substituents is 2. The van der Waals surface area contributed by atoms with Crippen LogP contribution in [-0.4, -0.2) is 16.0 Å². The maximum Gasteiger partial charge on any atom is 0.157 e. The van der Waals surface area contributed by atoms with Crippen molar-refractivity contribution in [3.63, 3.8) is 0 Å². The fraction of sp³-hybridized carbons (Fsp3) is 0.650. The molecule has 0 aromatic heterocycles. The van der Waals surface area contributed by atoms with Crippen LogP contribution in [0.25, 0.3) is 0 Å². The van der Waals surface area contributed by atoms with Crippen LogP contribution in [0.4, 0.5) is 0 Å². The van der Waals surface area contributed by atoms with E-state index in [4.69, 9.17) is 10.2 Å². The second-order valence-corrected chi connectivity index (χ2v) is 7.53. The zero-order valence-corrected chi connectivity index (χ0v) is 15.4. The average Bonchev–Trinajstić information content (AvgIpc) is 2.45. The molecular weight excluding hydrogens is 288 g/mol. The summed E-state index contributed by atoms with van der Waals surface area (Å²) in [4.78, 5) is 11.8. The number of Topliss-reactive ketones (excluding diaryl/α,β-unsaturated/α-hetero) is 1. The number of ketones is 1. The van der Waals surface area contributed by atoms with Crippen LogP contribution in [0.2, 0.25) is 0 Å². The molecule has 0 spiro atoms. The van der Waals surface area contributed by atoms with Crippen molar-refractivity contribution < 1.29 is 15.0 Å². The summed E-state index contributed by atoms with van der Waals surface area (Å²) in [6.07, 6.45) is 3.21. The second-order valence-electron chi connectivity index (χ2n) is 7.53. The summed E-state index contributed by atoms with van der Waals surface area (Å²) in [5.41, 5.74) is 1.96. The second kappa shape index (κ2) is 8.37. The first-order valence-electron chi connectivity index (χ1n) is 8.65. The molecule has 1 fully saturated rings. The summed E-state index contributed by atoms with van der Waals surface area (Å²) in [5.74, 6) is 2.64. The maximum absolute atomic E-state index is 11.8. The smallest absolute Gasteiger partial charge is 0.157 e. The quantitative estimate of drug-likeness (QED) is 0.754. The fourth-order valence-corrected chi connectivity index (χ4v) is 3.13. The summed E-state index contributed by atoms with van der Waals surface area (Å²) in [6.45, 7) is 12.6. The Balaban J connectivity index is 0.000000238. The number of rotatable bonds is 2. The van der Waals surface area contributed by atoms with Gasteiger partial charge in [-0.15, -0.1) is 0 Å². The van der Waals surface area contributed by atoms with Gasteiger partial charge < -0.3 is 10.2 Å². The summed E-state index contributed by atoms with van der Waals surface area (Å²) in [6, 6.07) is 3.09. The summed E-state index contributed by atoms with van der Waals surface area (Å²) in [7, 11) is 0. The topological polar surface area (TPSA) is 57.5 Å². The molecule has 23 heavy (non-hydrogen) atoms. The molecule has 2 N–H and O–H groups in total. The molecule has 1 aromatic rings. The largest absolute Gasteiger partial charge is 0.504 e. The molecule has 0 radical (unpaired) electrons. The van der Waals surface area contributed by atoms with Crippen LogP contribution in [-0.2, 0) is 4.79 Å². The Bertz CT molecular complexity index is 482. The van der Waals surface area contributed by atoms with Crippen molar-refractivity contribution in [3.8, 4) is 11.5 Å². The van der Waals surface area contributed by atoms with Crippen molar-refractivity contribution in [1.82, 2.24) is 0 Å². The third-order valence-corrected chi connectivity index (χ3v) is 5.06. The highest BCUT2D eigenvalue weighted by Crippen LogP contribution is 2.34. The highest BCUT2D eigenvalue weighted by atomic mass is 16.3. The van der Waals surface area contributed by atoms with Crippen molar-refractivity contribution in [2.24, 2.45) is 23.7 Å². The predicted molar refractivity (Wildman–Crippen MR) is 94.8 cm³/mol. The highest BCUT2D eigenvalue weighted by molar-refractivity contribution is 5.82. The van der Waals surface area contributed by atoms with E-state index in [9.17, 15) is 4.79 Å². The number of benzene rings is 1. The SMILES string of the molecule is CC(C)C1CCC(C(C)C)C(=O)C1.Cc1cc(O)c(O)cc1C. The molecule has 3 heteroatoms. The lowest BCUT2D eigenvalue weighted by atomic mass is 9.73. The Hall–Kier alpha value is -1.51. The van der Waals surface area contributed by atoms with Gasteiger partial charge in [0.15, 0.2) is 11.5 Å². The van der Waals surface area contributed by atoms with Crippen molar-refractivity contribution in [3.05, 3.63) is 23.3 Å². The normalized spacial score (nSPS) is 21.3.